The Labute approximate surface area is 233 Å². The van der Waals surface area contributed by atoms with Gasteiger partial charge in [-0.1, -0.05) is 66.6 Å². The first-order chi connectivity index (χ1) is 19.0. The summed E-state index contributed by atoms with van der Waals surface area (Å²) in [6, 6.07) is 23.5. The molecule has 5 nitrogen and oxygen atoms in total. The number of rotatable bonds is 6. The van der Waals surface area contributed by atoms with Crippen molar-refractivity contribution in [1.82, 2.24) is 10.7 Å². The number of urea groups is 1. The average molecular weight is 541 g/mol. The molecule has 1 aliphatic heterocycles. The Morgan fingerprint density at radius 3 is 2.59 bits per heavy atom. The SMILES string of the molecule is C[C@H]1C2=CNN(c3ccc(F)cc3)C2=CC2=C1[C@@H](CC(NC(=O)Nc1ccccc1Cl)c1ccccc1)CC2. The summed E-state index contributed by atoms with van der Waals surface area (Å²) in [5, 5.41) is 8.64. The molecular formula is C32H30ClFN4O. The molecule has 3 aromatic rings. The number of carbonyl (C=O) groups is 1. The van der Waals surface area contributed by atoms with E-state index < -0.39 is 0 Å². The third-order valence-electron chi connectivity index (χ3n) is 7.94. The van der Waals surface area contributed by atoms with Gasteiger partial charge in [0.25, 0.3) is 0 Å². The van der Waals surface area contributed by atoms with Crippen LogP contribution in [0.2, 0.25) is 5.02 Å². The van der Waals surface area contributed by atoms with Crippen molar-refractivity contribution in [2.24, 2.45) is 11.8 Å². The summed E-state index contributed by atoms with van der Waals surface area (Å²) >= 11 is 6.27. The van der Waals surface area contributed by atoms with Crippen molar-refractivity contribution in [3.8, 4) is 0 Å². The Morgan fingerprint density at radius 1 is 1.08 bits per heavy atom. The maximum atomic E-state index is 13.5. The van der Waals surface area contributed by atoms with Crippen molar-refractivity contribution >= 4 is 29.0 Å². The van der Waals surface area contributed by atoms with Gasteiger partial charge in [-0.2, -0.15) is 0 Å². The fourth-order valence-corrected chi connectivity index (χ4v) is 6.27. The van der Waals surface area contributed by atoms with E-state index in [4.69, 9.17) is 11.6 Å². The molecule has 1 heterocycles. The summed E-state index contributed by atoms with van der Waals surface area (Å²) in [6.45, 7) is 2.26. The number of hydrogen-bond donors (Lipinski definition) is 3. The lowest BCUT2D eigenvalue weighted by Gasteiger charge is -2.31. The van der Waals surface area contributed by atoms with E-state index in [0.717, 1.165) is 36.2 Å². The maximum absolute atomic E-state index is 13.5. The molecule has 7 heteroatoms. The van der Waals surface area contributed by atoms with Crippen molar-refractivity contribution < 1.29 is 9.18 Å². The summed E-state index contributed by atoms with van der Waals surface area (Å²) in [7, 11) is 0. The second kappa shape index (κ2) is 10.6. The van der Waals surface area contributed by atoms with Crippen LogP contribution in [-0.4, -0.2) is 6.03 Å². The van der Waals surface area contributed by atoms with Crippen LogP contribution in [0.4, 0.5) is 20.6 Å². The molecule has 1 unspecified atom stereocenters. The van der Waals surface area contributed by atoms with Gasteiger partial charge in [0.15, 0.2) is 0 Å². The molecular weight excluding hydrogens is 511 g/mol. The Kier molecular flexibility index (Phi) is 6.88. The van der Waals surface area contributed by atoms with Crippen molar-refractivity contribution in [1.29, 1.82) is 0 Å². The minimum atomic E-state index is -0.277. The minimum Gasteiger partial charge on any atom is -0.331 e. The van der Waals surface area contributed by atoms with Gasteiger partial charge in [0.2, 0.25) is 0 Å². The molecule has 3 atom stereocenters. The van der Waals surface area contributed by atoms with Crippen LogP contribution in [0, 0.1) is 17.7 Å². The van der Waals surface area contributed by atoms with Crippen molar-refractivity contribution in [2.45, 2.75) is 32.2 Å². The lowest BCUT2D eigenvalue weighted by atomic mass is 9.78. The Hall–Kier alpha value is -4.03. The zero-order chi connectivity index (χ0) is 26.9. The highest BCUT2D eigenvalue weighted by Crippen LogP contribution is 2.49. The van der Waals surface area contributed by atoms with Gasteiger partial charge in [-0.15, -0.1) is 0 Å². The third kappa shape index (κ3) is 5.04. The smallest absolute Gasteiger partial charge is 0.319 e. The highest BCUT2D eigenvalue weighted by molar-refractivity contribution is 6.33. The number of carbonyl (C=O) groups excluding carboxylic acids is 1. The normalized spacial score (nSPS) is 20.4. The number of para-hydroxylation sites is 1. The molecule has 2 amide bonds. The van der Waals surface area contributed by atoms with Gasteiger partial charge >= 0.3 is 6.03 Å². The number of benzene rings is 3. The van der Waals surface area contributed by atoms with Gasteiger partial charge in [0.05, 0.1) is 28.1 Å². The van der Waals surface area contributed by atoms with Gasteiger partial charge < -0.3 is 16.1 Å². The number of amides is 2. The second-order valence-electron chi connectivity index (χ2n) is 10.3. The zero-order valence-corrected chi connectivity index (χ0v) is 22.4. The van der Waals surface area contributed by atoms with Crippen LogP contribution >= 0.6 is 11.6 Å². The average Bonchev–Trinajstić information content (AvgIpc) is 3.55. The second-order valence-corrected chi connectivity index (χ2v) is 10.7. The van der Waals surface area contributed by atoms with Crippen LogP contribution in [0.3, 0.4) is 0 Å². The molecule has 2 aliphatic carbocycles. The molecule has 0 radical (unpaired) electrons. The van der Waals surface area contributed by atoms with Crippen molar-refractivity contribution in [3.63, 3.8) is 0 Å². The molecule has 0 spiro atoms. The van der Waals surface area contributed by atoms with Gasteiger partial charge in [0.1, 0.15) is 5.82 Å². The van der Waals surface area contributed by atoms with E-state index in [1.807, 2.05) is 35.3 Å². The lowest BCUT2D eigenvalue weighted by molar-refractivity contribution is 0.246. The summed E-state index contributed by atoms with van der Waals surface area (Å²) in [5.41, 5.74) is 11.1. The Balaban J connectivity index is 1.24. The van der Waals surface area contributed by atoms with E-state index in [1.165, 1.54) is 28.9 Å². The topological polar surface area (TPSA) is 56.4 Å². The van der Waals surface area contributed by atoms with Gasteiger partial charge in [0, 0.05) is 17.7 Å². The Morgan fingerprint density at radius 2 is 1.82 bits per heavy atom. The molecule has 0 aromatic heterocycles. The molecule has 198 valence electrons. The summed E-state index contributed by atoms with van der Waals surface area (Å²) in [5.74, 6) is 0.320. The van der Waals surface area contributed by atoms with E-state index in [-0.39, 0.29) is 23.8 Å². The standard InChI is InChI=1S/C32H30ClFN4O/c1-20-26-19-35-38(25-15-13-24(34)14-16-25)30(26)18-23-12-11-22(31(20)23)17-29(21-7-3-2-4-8-21)37-32(39)36-28-10-6-5-9-27(28)33/h2-10,13-16,18-20,22,29,35H,11-12,17H2,1H3,(H2,36,37,39)/t20-,22+,29?/m0/s1. The lowest BCUT2D eigenvalue weighted by Crippen LogP contribution is -2.34. The molecule has 3 aliphatic rings. The first-order valence-electron chi connectivity index (χ1n) is 13.3. The van der Waals surface area contributed by atoms with E-state index in [2.05, 4.69) is 47.4 Å². The number of fused-ring (bicyclic) bond motifs is 1. The monoisotopic (exact) mass is 540 g/mol. The quantitative estimate of drug-likeness (QED) is 0.298. The van der Waals surface area contributed by atoms with Crippen LogP contribution in [0.1, 0.15) is 37.8 Å². The van der Waals surface area contributed by atoms with E-state index in [9.17, 15) is 9.18 Å². The van der Waals surface area contributed by atoms with Crippen LogP contribution in [0.5, 0.6) is 0 Å². The molecule has 3 N–H and O–H groups in total. The highest BCUT2D eigenvalue weighted by atomic mass is 35.5. The van der Waals surface area contributed by atoms with Crippen molar-refractivity contribution in [3.05, 3.63) is 130 Å². The van der Waals surface area contributed by atoms with Crippen LogP contribution in [0.25, 0.3) is 0 Å². The number of anilines is 2. The van der Waals surface area contributed by atoms with E-state index in [1.54, 1.807) is 24.3 Å². The van der Waals surface area contributed by atoms with Crippen LogP contribution in [-0.2, 0) is 0 Å². The summed E-state index contributed by atoms with van der Waals surface area (Å²) in [6.07, 6.45) is 7.16. The predicted octanol–water partition coefficient (Wildman–Crippen LogP) is 7.88. The zero-order valence-electron chi connectivity index (χ0n) is 21.6. The fourth-order valence-electron chi connectivity index (χ4n) is 6.09. The van der Waals surface area contributed by atoms with Gasteiger partial charge in [-0.3, -0.25) is 5.01 Å². The summed E-state index contributed by atoms with van der Waals surface area (Å²) < 4.78 is 13.5. The summed E-state index contributed by atoms with van der Waals surface area (Å²) in [4.78, 5) is 13.1. The molecule has 0 fully saturated rings. The number of hydrogen-bond acceptors (Lipinski definition) is 3. The first kappa shape index (κ1) is 25.3. The maximum Gasteiger partial charge on any atom is 0.319 e. The predicted molar refractivity (Wildman–Crippen MR) is 155 cm³/mol. The van der Waals surface area contributed by atoms with Crippen LogP contribution < -0.4 is 21.1 Å². The molecule has 6 rings (SSSR count). The molecule has 0 bridgehead atoms. The van der Waals surface area contributed by atoms with E-state index >= 15 is 0 Å². The van der Waals surface area contributed by atoms with Gasteiger partial charge in [-0.25, -0.2) is 9.18 Å². The van der Waals surface area contributed by atoms with E-state index in [0.29, 0.717) is 16.6 Å². The molecule has 39 heavy (non-hydrogen) atoms. The highest BCUT2D eigenvalue weighted by Gasteiger charge is 2.39. The number of halogens is 2. The van der Waals surface area contributed by atoms with Crippen molar-refractivity contribution in [2.75, 3.05) is 10.3 Å². The number of hydrazine groups is 1. The number of nitrogens with one attached hydrogen (secondary N) is 3. The number of nitrogens with zero attached hydrogens (tertiary/aromatic N) is 1. The Bertz CT molecular complexity index is 1480. The molecule has 3 aromatic carbocycles. The molecule has 0 saturated carbocycles. The first-order valence-corrected chi connectivity index (χ1v) is 13.7. The number of allylic oxidation sites excluding steroid dienone is 4. The molecule has 0 saturated heterocycles. The largest absolute Gasteiger partial charge is 0.331 e. The van der Waals surface area contributed by atoms with Crippen LogP contribution in [0.15, 0.2) is 114 Å². The fraction of sp³-hybridized carbons (Fsp3) is 0.219. The third-order valence-corrected chi connectivity index (χ3v) is 8.27. The minimum absolute atomic E-state index is 0.158. The van der Waals surface area contributed by atoms with Gasteiger partial charge in [-0.05, 0) is 78.8 Å².